The van der Waals surface area contributed by atoms with Crippen molar-refractivity contribution >= 4 is 29.9 Å². The Kier molecular flexibility index (Phi) is 9.90. The first-order valence-electron chi connectivity index (χ1n) is 10.4. The van der Waals surface area contributed by atoms with Gasteiger partial charge in [-0.3, -0.25) is 9.89 Å². The molecule has 3 rings (SSSR count). The van der Waals surface area contributed by atoms with Gasteiger partial charge in [0.25, 0.3) is 0 Å². The quantitative estimate of drug-likeness (QED) is 0.339. The molecule has 1 saturated heterocycles. The lowest BCUT2D eigenvalue weighted by Gasteiger charge is -2.36. The number of hydrogen-bond acceptors (Lipinski definition) is 5. The van der Waals surface area contributed by atoms with Crippen LogP contribution in [0.4, 0.5) is 0 Å². The van der Waals surface area contributed by atoms with E-state index in [0.717, 1.165) is 62.4 Å². The molecule has 1 aliphatic heterocycles. The Morgan fingerprint density at radius 1 is 1.20 bits per heavy atom. The Bertz CT molecular complexity index is 769. The number of benzene rings is 1. The zero-order valence-corrected chi connectivity index (χ0v) is 20.8. The van der Waals surface area contributed by atoms with Gasteiger partial charge in [0, 0.05) is 57.8 Å². The number of aromatic nitrogens is 1. The third-order valence-corrected chi connectivity index (χ3v) is 5.45. The number of aliphatic imine (C=N–C) groups is 1. The maximum absolute atomic E-state index is 5.82. The molecule has 0 spiro atoms. The maximum atomic E-state index is 5.82. The average molecular weight is 527 g/mol. The Balaban J connectivity index is 0.00000320. The lowest BCUT2D eigenvalue weighted by molar-refractivity contribution is 0.152. The number of nitrogens with zero attached hydrogens (tertiary/aromatic N) is 4. The monoisotopic (exact) mass is 527 g/mol. The first-order valence-corrected chi connectivity index (χ1v) is 10.4. The molecule has 30 heavy (non-hydrogen) atoms. The van der Waals surface area contributed by atoms with E-state index < -0.39 is 0 Å². The number of nitrogens with one attached hydrogen (secondary N) is 1. The molecule has 1 unspecified atom stereocenters. The number of hydrogen-bond donors (Lipinski definition) is 1. The van der Waals surface area contributed by atoms with Gasteiger partial charge in [-0.15, -0.1) is 24.0 Å². The van der Waals surface area contributed by atoms with E-state index in [1.165, 1.54) is 5.56 Å². The minimum Gasteiger partial charge on any atom is -0.492 e. The summed E-state index contributed by atoms with van der Waals surface area (Å²) in [5.74, 6) is 3.11. The van der Waals surface area contributed by atoms with Gasteiger partial charge in [0.15, 0.2) is 5.96 Å². The van der Waals surface area contributed by atoms with E-state index in [9.17, 15) is 0 Å². The van der Waals surface area contributed by atoms with Crippen LogP contribution >= 0.6 is 24.0 Å². The number of aryl methyl sites for hydroxylation is 2. The summed E-state index contributed by atoms with van der Waals surface area (Å²) in [5.41, 5.74) is 2.16. The minimum atomic E-state index is 0. The second-order valence-corrected chi connectivity index (χ2v) is 7.56. The van der Waals surface area contributed by atoms with Gasteiger partial charge in [-0.2, -0.15) is 0 Å². The molecular formula is C22H34IN5O2. The minimum absolute atomic E-state index is 0. The van der Waals surface area contributed by atoms with Crippen LogP contribution in [0.3, 0.4) is 0 Å². The maximum Gasteiger partial charge on any atom is 0.193 e. The fraction of sp³-hybridized carbons (Fsp3) is 0.545. The molecule has 7 nitrogen and oxygen atoms in total. The topological polar surface area (TPSA) is 66.1 Å². The SMILES string of the molecule is CN=C(NCC(C)c1c(C)noc1C)N1CCN(CCOc2ccccc2)CC1.I. The second-order valence-electron chi connectivity index (χ2n) is 7.56. The van der Waals surface area contributed by atoms with Crippen molar-refractivity contribution in [1.82, 2.24) is 20.3 Å². The van der Waals surface area contributed by atoms with Gasteiger partial charge in [-0.25, -0.2) is 0 Å². The van der Waals surface area contributed by atoms with Crippen LogP contribution in [-0.4, -0.2) is 73.8 Å². The number of piperazine rings is 1. The second kappa shape index (κ2) is 12.1. The van der Waals surface area contributed by atoms with E-state index in [1.54, 1.807) is 0 Å². The van der Waals surface area contributed by atoms with Gasteiger partial charge >= 0.3 is 0 Å². The first-order chi connectivity index (χ1) is 14.1. The summed E-state index contributed by atoms with van der Waals surface area (Å²) in [6, 6.07) is 10.00. The Morgan fingerprint density at radius 2 is 1.90 bits per heavy atom. The van der Waals surface area contributed by atoms with Gasteiger partial charge in [0.05, 0.1) is 5.69 Å². The zero-order chi connectivity index (χ0) is 20.6. The summed E-state index contributed by atoms with van der Waals surface area (Å²) >= 11 is 0. The predicted octanol–water partition coefficient (Wildman–Crippen LogP) is 3.28. The van der Waals surface area contributed by atoms with E-state index in [2.05, 4.69) is 32.2 Å². The normalized spacial score (nSPS) is 16.1. The molecule has 8 heteroatoms. The summed E-state index contributed by atoms with van der Waals surface area (Å²) in [7, 11) is 1.85. The van der Waals surface area contributed by atoms with Crippen molar-refractivity contribution in [2.75, 3.05) is 52.9 Å². The van der Waals surface area contributed by atoms with Crippen molar-refractivity contribution in [2.45, 2.75) is 26.7 Å². The lowest BCUT2D eigenvalue weighted by atomic mass is 10.00. The molecule has 2 heterocycles. The molecule has 1 aromatic heterocycles. The summed E-state index contributed by atoms with van der Waals surface area (Å²) in [4.78, 5) is 9.26. The Morgan fingerprint density at radius 3 is 2.50 bits per heavy atom. The van der Waals surface area contributed by atoms with Crippen LogP contribution in [-0.2, 0) is 0 Å². The highest BCUT2D eigenvalue weighted by Gasteiger charge is 2.21. The smallest absolute Gasteiger partial charge is 0.193 e. The number of guanidine groups is 1. The van der Waals surface area contributed by atoms with Gasteiger partial charge < -0.3 is 19.5 Å². The van der Waals surface area contributed by atoms with Crippen molar-refractivity contribution in [3.63, 3.8) is 0 Å². The van der Waals surface area contributed by atoms with Crippen LogP contribution in [0, 0.1) is 13.8 Å². The Labute approximate surface area is 196 Å². The molecule has 2 aromatic rings. The van der Waals surface area contributed by atoms with Crippen molar-refractivity contribution in [1.29, 1.82) is 0 Å². The standard InChI is InChI=1S/C22H33N5O2.HI/c1-17(21-18(2)25-29-19(21)3)16-24-22(23-4)27-12-10-26(11-13-27)14-15-28-20-8-6-5-7-9-20;/h5-9,17H,10-16H2,1-4H3,(H,23,24);1H. The first kappa shape index (κ1) is 24.5. The summed E-state index contributed by atoms with van der Waals surface area (Å²) < 4.78 is 11.1. The van der Waals surface area contributed by atoms with Crippen LogP contribution < -0.4 is 10.1 Å². The van der Waals surface area contributed by atoms with E-state index in [-0.39, 0.29) is 24.0 Å². The van der Waals surface area contributed by atoms with Crippen molar-refractivity contribution < 1.29 is 9.26 Å². The molecule has 1 aliphatic rings. The van der Waals surface area contributed by atoms with Gasteiger partial charge in [0.2, 0.25) is 0 Å². The lowest BCUT2D eigenvalue weighted by Crippen LogP contribution is -2.53. The fourth-order valence-corrected chi connectivity index (χ4v) is 3.86. The van der Waals surface area contributed by atoms with E-state index in [0.29, 0.717) is 12.5 Å². The summed E-state index contributed by atoms with van der Waals surface area (Å²) in [6.07, 6.45) is 0. The van der Waals surface area contributed by atoms with Crippen molar-refractivity contribution in [3.8, 4) is 5.75 Å². The molecule has 0 bridgehead atoms. The summed E-state index contributed by atoms with van der Waals surface area (Å²) in [5, 5.41) is 7.59. The zero-order valence-electron chi connectivity index (χ0n) is 18.4. The molecule has 1 aromatic carbocycles. The molecule has 0 radical (unpaired) electrons. The molecule has 1 fully saturated rings. The molecule has 0 aliphatic carbocycles. The Hall–Kier alpha value is -1.81. The molecular weight excluding hydrogens is 493 g/mol. The van der Waals surface area contributed by atoms with Crippen molar-refractivity contribution in [2.24, 2.45) is 4.99 Å². The summed E-state index contributed by atoms with van der Waals surface area (Å²) in [6.45, 7) is 12.6. The number of para-hydroxylation sites is 1. The van der Waals surface area contributed by atoms with Crippen LogP contribution in [0.5, 0.6) is 5.75 Å². The molecule has 0 saturated carbocycles. The van der Waals surface area contributed by atoms with Crippen LogP contribution in [0.2, 0.25) is 0 Å². The molecule has 1 N–H and O–H groups in total. The highest BCUT2D eigenvalue weighted by Crippen LogP contribution is 2.22. The van der Waals surface area contributed by atoms with Gasteiger partial charge in [-0.05, 0) is 26.0 Å². The van der Waals surface area contributed by atoms with Gasteiger partial charge in [-0.1, -0.05) is 30.3 Å². The highest BCUT2D eigenvalue weighted by atomic mass is 127. The predicted molar refractivity (Wildman–Crippen MR) is 131 cm³/mol. The molecule has 1 atom stereocenters. The number of rotatable bonds is 7. The van der Waals surface area contributed by atoms with Crippen molar-refractivity contribution in [3.05, 3.63) is 47.3 Å². The number of halogens is 1. The third-order valence-electron chi connectivity index (χ3n) is 5.45. The largest absolute Gasteiger partial charge is 0.492 e. The molecule has 0 amide bonds. The van der Waals surface area contributed by atoms with E-state index in [1.807, 2.05) is 51.2 Å². The van der Waals surface area contributed by atoms with Crippen LogP contribution in [0.1, 0.15) is 29.9 Å². The van der Waals surface area contributed by atoms with Gasteiger partial charge in [0.1, 0.15) is 18.1 Å². The number of ether oxygens (including phenoxy) is 1. The van der Waals surface area contributed by atoms with Crippen LogP contribution in [0.25, 0.3) is 0 Å². The third kappa shape index (κ3) is 6.60. The molecule has 166 valence electrons. The fourth-order valence-electron chi connectivity index (χ4n) is 3.86. The van der Waals surface area contributed by atoms with Crippen LogP contribution in [0.15, 0.2) is 39.8 Å². The van der Waals surface area contributed by atoms with E-state index in [4.69, 9.17) is 9.26 Å². The highest BCUT2D eigenvalue weighted by molar-refractivity contribution is 14.0. The van der Waals surface area contributed by atoms with E-state index >= 15 is 0 Å². The average Bonchev–Trinajstić information content (AvgIpc) is 3.08.